The van der Waals surface area contributed by atoms with E-state index in [0.29, 0.717) is 25.0 Å². The van der Waals surface area contributed by atoms with Crippen LogP contribution in [0.1, 0.15) is 19.8 Å². The van der Waals surface area contributed by atoms with Gasteiger partial charge in [0.15, 0.2) is 0 Å². The molecule has 5 nitrogen and oxygen atoms in total. The van der Waals surface area contributed by atoms with Crippen LogP contribution in [0.2, 0.25) is 0 Å². The fourth-order valence-corrected chi connectivity index (χ4v) is 3.93. The van der Waals surface area contributed by atoms with Crippen LogP contribution in [-0.2, 0) is 10.0 Å². The number of aromatic nitrogens is 1. The summed E-state index contributed by atoms with van der Waals surface area (Å²) in [5.41, 5.74) is 0. The van der Waals surface area contributed by atoms with Crippen molar-refractivity contribution in [2.24, 2.45) is 5.92 Å². The summed E-state index contributed by atoms with van der Waals surface area (Å²) in [6.45, 7) is 3.33. The number of pyridine rings is 1. The lowest BCUT2D eigenvalue weighted by molar-refractivity contribution is 0.236. The van der Waals surface area contributed by atoms with E-state index in [1.165, 1.54) is 6.20 Å². The van der Waals surface area contributed by atoms with Crippen LogP contribution in [0.3, 0.4) is 0 Å². The predicted molar refractivity (Wildman–Crippen MR) is 74.2 cm³/mol. The van der Waals surface area contributed by atoms with Gasteiger partial charge in [0.2, 0.25) is 10.0 Å². The number of sulfonamides is 1. The van der Waals surface area contributed by atoms with Gasteiger partial charge in [0.25, 0.3) is 0 Å². The van der Waals surface area contributed by atoms with Gasteiger partial charge in [0.1, 0.15) is 4.90 Å². The molecule has 1 saturated heterocycles. The lowest BCUT2D eigenvalue weighted by Crippen LogP contribution is -2.43. The largest absolute Gasteiger partial charge is 0.317 e. The van der Waals surface area contributed by atoms with Crippen molar-refractivity contribution in [1.29, 1.82) is 0 Å². The Hall–Kier alpha value is -0.980. The molecule has 1 aliphatic heterocycles. The molecule has 0 aliphatic carbocycles. The summed E-state index contributed by atoms with van der Waals surface area (Å²) < 4.78 is 26.4. The minimum atomic E-state index is -3.37. The summed E-state index contributed by atoms with van der Waals surface area (Å²) in [6, 6.07) is 3.69. The third-order valence-electron chi connectivity index (χ3n) is 3.93. The molecule has 2 rings (SSSR count). The summed E-state index contributed by atoms with van der Waals surface area (Å²) >= 11 is 0. The van der Waals surface area contributed by atoms with Crippen LogP contribution in [0.25, 0.3) is 0 Å². The predicted octanol–water partition coefficient (Wildman–Crippen LogP) is 1.09. The van der Waals surface area contributed by atoms with E-state index in [-0.39, 0.29) is 4.90 Å². The maximum Gasteiger partial charge on any atom is 0.244 e. The number of rotatable bonds is 4. The monoisotopic (exact) mass is 283 g/mol. The summed E-state index contributed by atoms with van der Waals surface area (Å²) in [6.07, 6.45) is 4.81. The van der Waals surface area contributed by atoms with Crippen LogP contribution >= 0.6 is 0 Å². The van der Waals surface area contributed by atoms with Gasteiger partial charge in [-0.25, -0.2) is 8.42 Å². The molecule has 0 spiro atoms. The maximum atomic E-state index is 12.4. The zero-order valence-corrected chi connectivity index (χ0v) is 12.2. The first-order valence-electron chi connectivity index (χ1n) is 6.63. The van der Waals surface area contributed by atoms with Gasteiger partial charge in [-0.2, -0.15) is 4.31 Å². The van der Waals surface area contributed by atoms with Crippen molar-refractivity contribution in [2.45, 2.75) is 30.7 Å². The average Bonchev–Trinajstić information content (AvgIpc) is 2.47. The summed E-state index contributed by atoms with van der Waals surface area (Å²) in [7, 11) is -1.42. The van der Waals surface area contributed by atoms with E-state index in [1.54, 1.807) is 22.6 Å². The smallest absolute Gasteiger partial charge is 0.244 e. The van der Waals surface area contributed by atoms with Gasteiger partial charge in [0, 0.05) is 31.5 Å². The van der Waals surface area contributed by atoms with E-state index >= 15 is 0 Å². The van der Waals surface area contributed by atoms with Crippen molar-refractivity contribution in [1.82, 2.24) is 14.6 Å². The molecule has 1 atom stereocenters. The number of hydrogen-bond acceptors (Lipinski definition) is 4. The van der Waals surface area contributed by atoms with E-state index in [2.05, 4.69) is 17.2 Å². The van der Waals surface area contributed by atoms with E-state index in [4.69, 9.17) is 0 Å². The maximum absolute atomic E-state index is 12.4. The fourth-order valence-electron chi connectivity index (χ4n) is 2.50. The van der Waals surface area contributed by atoms with Gasteiger partial charge in [0.05, 0.1) is 0 Å². The molecular weight excluding hydrogens is 262 g/mol. The molecule has 1 N–H and O–H groups in total. The van der Waals surface area contributed by atoms with Crippen LogP contribution in [0, 0.1) is 5.92 Å². The van der Waals surface area contributed by atoms with Crippen LogP contribution in [0.5, 0.6) is 0 Å². The third-order valence-corrected chi connectivity index (χ3v) is 5.82. The van der Waals surface area contributed by atoms with Gasteiger partial charge in [-0.1, -0.05) is 0 Å². The van der Waals surface area contributed by atoms with E-state index in [1.807, 2.05) is 7.05 Å². The Labute approximate surface area is 115 Å². The molecule has 0 saturated carbocycles. The number of nitrogens with zero attached hydrogens (tertiary/aromatic N) is 2. The van der Waals surface area contributed by atoms with E-state index in [9.17, 15) is 8.42 Å². The Balaban J connectivity index is 2.06. The average molecular weight is 283 g/mol. The van der Waals surface area contributed by atoms with Crippen molar-refractivity contribution >= 4 is 10.0 Å². The van der Waals surface area contributed by atoms with Crippen LogP contribution in [0.4, 0.5) is 0 Å². The zero-order chi connectivity index (χ0) is 13.9. The number of hydrogen-bond donors (Lipinski definition) is 1. The molecule has 1 aromatic rings. The molecule has 0 radical (unpaired) electrons. The van der Waals surface area contributed by atoms with Crippen LogP contribution in [-0.4, -0.2) is 43.9 Å². The van der Waals surface area contributed by atoms with Crippen molar-refractivity contribution in [3.05, 3.63) is 24.5 Å². The molecule has 106 valence electrons. The van der Waals surface area contributed by atoms with Gasteiger partial charge < -0.3 is 5.32 Å². The van der Waals surface area contributed by atoms with Crippen molar-refractivity contribution < 1.29 is 8.42 Å². The highest BCUT2D eigenvalue weighted by Crippen LogP contribution is 2.25. The van der Waals surface area contributed by atoms with Crippen molar-refractivity contribution in [2.75, 3.05) is 20.1 Å². The van der Waals surface area contributed by atoms with E-state index < -0.39 is 10.0 Å². The Bertz CT molecular complexity index is 496. The van der Waals surface area contributed by atoms with Crippen LogP contribution in [0.15, 0.2) is 29.4 Å². The molecule has 1 aliphatic rings. The summed E-state index contributed by atoms with van der Waals surface area (Å²) in [5, 5.41) is 3.24. The van der Waals surface area contributed by atoms with Crippen molar-refractivity contribution in [3.8, 4) is 0 Å². The normalized spacial score (nSPS) is 20.3. The molecular formula is C13H21N3O2S. The Morgan fingerprint density at radius 2 is 2.11 bits per heavy atom. The topological polar surface area (TPSA) is 62.3 Å². The van der Waals surface area contributed by atoms with E-state index in [0.717, 1.165) is 12.8 Å². The molecule has 0 bridgehead atoms. The SMILES string of the molecule is CNC(C)C1CCN(S(=O)(=O)c2cccnc2)CC1. The minimum Gasteiger partial charge on any atom is -0.317 e. The molecule has 2 heterocycles. The van der Waals surface area contributed by atoms with Gasteiger partial charge in [-0.15, -0.1) is 0 Å². The Kier molecular flexibility index (Phi) is 4.54. The zero-order valence-electron chi connectivity index (χ0n) is 11.4. The number of piperidine rings is 1. The first kappa shape index (κ1) is 14.4. The molecule has 1 fully saturated rings. The Morgan fingerprint density at radius 3 is 2.63 bits per heavy atom. The third kappa shape index (κ3) is 3.13. The lowest BCUT2D eigenvalue weighted by atomic mass is 9.91. The molecule has 6 heteroatoms. The van der Waals surface area contributed by atoms with Gasteiger partial charge >= 0.3 is 0 Å². The molecule has 19 heavy (non-hydrogen) atoms. The quantitative estimate of drug-likeness (QED) is 0.898. The minimum absolute atomic E-state index is 0.287. The number of nitrogens with one attached hydrogen (secondary N) is 1. The van der Waals surface area contributed by atoms with Gasteiger partial charge in [-0.3, -0.25) is 4.98 Å². The second-order valence-electron chi connectivity index (χ2n) is 5.01. The summed E-state index contributed by atoms with van der Waals surface area (Å²) in [4.78, 5) is 4.17. The standard InChI is InChI=1S/C13H21N3O2S/c1-11(14-2)12-5-8-16(9-6-12)19(17,18)13-4-3-7-15-10-13/h3-4,7,10-12,14H,5-6,8-9H2,1-2H3. The first-order valence-corrected chi connectivity index (χ1v) is 8.07. The second-order valence-corrected chi connectivity index (χ2v) is 6.95. The van der Waals surface area contributed by atoms with Crippen molar-refractivity contribution in [3.63, 3.8) is 0 Å². The molecule has 1 unspecified atom stereocenters. The molecule has 0 amide bonds. The highest BCUT2D eigenvalue weighted by atomic mass is 32.2. The lowest BCUT2D eigenvalue weighted by Gasteiger charge is -2.34. The molecule has 0 aromatic carbocycles. The van der Waals surface area contributed by atoms with Gasteiger partial charge in [-0.05, 0) is 44.9 Å². The fraction of sp³-hybridized carbons (Fsp3) is 0.615. The molecule has 1 aromatic heterocycles. The first-order chi connectivity index (χ1) is 9.05. The Morgan fingerprint density at radius 1 is 1.42 bits per heavy atom. The van der Waals surface area contributed by atoms with Crippen LogP contribution < -0.4 is 5.32 Å². The summed E-state index contributed by atoms with van der Waals surface area (Å²) in [5.74, 6) is 0.547. The highest BCUT2D eigenvalue weighted by molar-refractivity contribution is 7.89. The second kappa shape index (κ2) is 5.98. The highest BCUT2D eigenvalue weighted by Gasteiger charge is 2.30.